The van der Waals surface area contributed by atoms with Gasteiger partial charge in [0.25, 0.3) is 5.91 Å². The van der Waals surface area contributed by atoms with Crippen LogP contribution >= 0.6 is 11.3 Å². The maximum Gasteiger partial charge on any atom is 0.261 e. The Morgan fingerprint density at radius 1 is 1.15 bits per heavy atom. The first-order chi connectivity index (χ1) is 12.3. The van der Waals surface area contributed by atoms with Crippen LogP contribution in [-0.4, -0.2) is 33.5 Å². The van der Waals surface area contributed by atoms with Crippen molar-refractivity contribution in [1.29, 1.82) is 0 Å². The Morgan fingerprint density at radius 2 is 1.92 bits per heavy atom. The summed E-state index contributed by atoms with van der Waals surface area (Å²) in [6.45, 7) is 0. The number of primary sulfonamides is 1. The number of thiazole rings is 1. The Balaban J connectivity index is 1.90. The zero-order chi connectivity index (χ0) is 18.9. The summed E-state index contributed by atoms with van der Waals surface area (Å²) in [5.74, 6) is 0.517. The number of aromatic nitrogens is 1. The molecule has 136 valence electrons. The van der Waals surface area contributed by atoms with Gasteiger partial charge >= 0.3 is 0 Å². The number of fused-ring (bicyclic) bond motifs is 1. The summed E-state index contributed by atoms with van der Waals surface area (Å²) < 4.78 is 33.8. The Hall–Kier alpha value is -2.69. The van der Waals surface area contributed by atoms with Crippen LogP contribution in [0.4, 0.5) is 5.13 Å². The summed E-state index contributed by atoms with van der Waals surface area (Å²) in [4.78, 5) is 16.8. The van der Waals surface area contributed by atoms with Gasteiger partial charge in [-0.1, -0.05) is 11.3 Å². The van der Waals surface area contributed by atoms with Crippen molar-refractivity contribution in [2.75, 3.05) is 19.5 Å². The van der Waals surface area contributed by atoms with Gasteiger partial charge in [-0.25, -0.2) is 18.5 Å². The van der Waals surface area contributed by atoms with Gasteiger partial charge in [0.1, 0.15) is 11.5 Å². The summed E-state index contributed by atoms with van der Waals surface area (Å²) >= 11 is 1.14. The quantitative estimate of drug-likeness (QED) is 0.686. The zero-order valence-corrected chi connectivity index (χ0v) is 15.5. The monoisotopic (exact) mass is 393 g/mol. The Bertz CT molecular complexity index is 1090. The van der Waals surface area contributed by atoms with Crippen LogP contribution in [-0.2, 0) is 10.0 Å². The zero-order valence-electron chi connectivity index (χ0n) is 13.8. The highest BCUT2D eigenvalue weighted by molar-refractivity contribution is 7.89. The van der Waals surface area contributed by atoms with Crippen molar-refractivity contribution in [3.8, 4) is 11.5 Å². The highest BCUT2D eigenvalue weighted by Crippen LogP contribution is 2.30. The van der Waals surface area contributed by atoms with E-state index in [0.717, 1.165) is 11.3 Å². The van der Waals surface area contributed by atoms with Gasteiger partial charge in [-0.3, -0.25) is 10.1 Å². The second-order valence-electron chi connectivity index (χ2n) is 5.21. The molecule has 0 atom stereocenters. The standard InChI is InChI=1S/C16H15N3O5S2/c1-23-9-3-5-11(13(7-9)24-2)15(20)19-16-18-12-6-4-10(26(17,21)22)8-14(12)25-16/h3-8H,1-2H3,(H2,17,21,22)(H,18,19,20). The van der Waals surface area contributed by atoms with Gasteiger partial charge in [-0.2, -0.15) is 0 Å². The molecule has 1 heterocycles. The van der Waals surface area contributed by atoms with E-state index < -0.39 is 15.9 Å². The number of nitrogens with zero attached hydrogens (tertiary/aromatic N) is 1. The summed E-state index contributed by atoms with van der Waals surface area (Å²) in [6.07, 6.45) is 0. The Morgan fingerprint density at radius 3 is 2.58 bits per heavy atom. The minimum Gasteiger partial charge on any atom is -0.497 e. The molecule has 1 aromatic heterocycles. The number of nitrogens with two attached hydrogens (primary N) is 1. The fourth-order valence-corrected chi connectivity index (χ4v) is 3.80. The van der Waals surface area contributed by atoms with Crippen LogP contribution in [0, 0.1) is 0 Å². The highest BCUT2D eigenvalue weighted by Gasteiger charge is 2.16. The molecule has 0 bridgehead atoms. The number of sulfonamides is 1. The van der Waals surface area contributed by atoms with Crippen molar-refractivity contribution in [3.63, 3.8) is 0 Å². The summed E-state index contributed by atoms with van der Waals surface area (Å²) in [7, 11) is -0.828. The van der Waals surface area contributed by atoms with Crippen LogP contribution in [0.3, 0.4) is 0 Å². The van der Waals surface area contributed by atoms with Crippen molar-refractivity contribution in [2.45, 2.75) is 4.90 Å². The molecule has 0 radical (unpaired) electrons. The molecule has 0 aliphatic heterocycles. The molecule has 3 N–H and O–H groups in total. The number of carbonyl (C=O) groups excluding carboxylic acids is 1. The van der Waals surface area contributed by atoms with E-state index in [1.54, 1.807) is 18.2 Å². The number of carbonyl (C=O) groups is 1. The van der Waals surface area contributed by atoms with Gasteiger partial charge in [-0.15, -0.1) is 0 Å². The second-order valence-corrected chi connectivity index (χ2v) is 7.81. The van der Waals surface area contributed by atoms with E-state index in [1.807, 2.05) is 0 Å². The summed E-state index contributed by atoms with van der Waals surface area (Å²) in [5.41, 5.74) is 0.872. The van der Waals surface area contributed by atoms with Crippen molar-refractivity contribution in [2.24, 2.45) is 5.14 Å². The number of anilines is 1. The van der Waals surface area contributed by atoms with Crippen LogP contribution in [0.2, 0.25) is 0 Å². The molecule has 8 nitrogen and oxygen atoms in total. The molecule has 0 aliphatic carbocycles. The molecule has 0 saturated heterocycles. The predicted octanol–water partition coefficient (Wildman–Crippen LogP) is 2.21. The van der Waals surface area contributed by atoms with E-state index in [9.17, 15) is 13.2 Å². The fourth-order valence-electron chi connectivity index (χ4n) is 2.29. The molecule has 0 fully saturated rings. The fraction of sp³-hybridized carbons (Fsp3) is 0.125. The van der Waals surface area contributed by atoms with Gasteiger partial charge in [0, 0.05) is 6.07 Å². The molecule has 10 heteroatoms. The number of hydrogen-bond donors (Lipinski definition) is 2. The molecule has 0 saturated carbocycles. The Labute approximate surface area is 153 Å². The van der Waals surface area contributed by atoms with E-state index >= 15 is 0 Å². The molecule has 0 aliphatic rings. The average molecular weight is 393 g/mol. The van der Waals surface area contributed by atoms with E-state index in [4.69, 9.17) is 14.6 Å². The highest BCUT2D eigenvalue weighted by atomic mass is 32.2. The number of ether oxygens (including phenoxy) is 2. The van der Waals surface area contributed by atoms with Gasteiger partial charge in [0.05, 0.1) is 34.9 Å². The SMILES string of the molecule is COc1ccc(C(=O)Nc2nc3ccc(S(N)(=O)=O)cc3s2)c(OC)c1. The number of nitrogens with one attached hydrogen (secondary N) is 1. The molecule has 2 aromatic carbocycles. The van der Waals surface area contributed by atoms with Crippen molar-refractivity contribution in [3.05, 3.63) is 42.0 Å². The first kappa shape index (κ1) is 18.1. The lowest BCUT2D eigenvalue weighted by atomic mass is 10.2. The van der Waals surface area contributed by atoms with Crippen molar-refractivity contribution >= 4 is 42.6 Å². The molecule has 0 unspecified atom stereocenters. The minimum atomic E-state index is -3.80. The molecule has 3 aromatic rings. The van der Waals surface area contributed by atoms with Crippen LogP contribution < -0.4 is 19.9 Å². The lowest BCUT2D eigenvalue weighted by molar-refractivity contribution is 0.102. The second kappa shape index (κ2) is 6.90. The third kappa shape index (κ3) is 3.62. The van der Waals surface area contributed by atoms with E-state index in [0.29, 0.717) is 32.4 Å². The van der Waals surface area contributed by atoms with Gasteiger partial charge in [-0.05, 0) is 30.3 Å². The van der Waals surface area contributed by atoms with Gasteiger partial charge in [0.2, 0.25) is 10.0 Å². The topological polar surface area (TPSA) is 121 Å². The number of rotatable bonds is 5. The van der Waals surface area contributed by atoms with Gasteiger partial charge < -0.3 is 9.47 Å². The largest absolute Gasteiger partial charge is 0.497 e. The van der Waals surface area contributed by atoms with Crippen molar-refractivity contribution < 1.29 is 22.7 Å². The number of amides is 1. The first-order valence-electron chi connectivity index (χ1n) is 7.28. The third-order valence-electron chi connectivity index (χ3n) is 3.56. The van der Waals surface area contributed by atoms with Crippen LogP contribution in [0.5, 0.6) is 11.5 Å². The minimum absolute atomic E-state index is 0.0108. The molecule has 3 rings (SSSR count). The Kier molecular flexibility index (Phi) is 4.81. The van der Waals surface area contributed by atoms with Crippen LogP contribution in [0.1, 0.15) is 10.4 Å². The summed E-state index contributed by atoms with van der Waals surface area (Å²) in [6, 6.07) is 9.16. The average Bonchev–Trinajstić information content (AvgIpc) is 3.01. The number of hydrogen-bond acceptors (Lipinski definition) is 7. The predicted molar refractivity (Wildman–Crippen MR) is 98.5 cm³/mol. The van der Waals surface area contributed by atoms with Crippen LogP contribution in [0.15, 0.2) is 41.3 Å². The van der Waals surface area contributed by atoms with Crippen molar-refractivity contribution in [1.82, 2.24) is 4.98 Å². The maximum absolute atomic E-state index is 12.5. The first-order valence-corrected chi connectivity index (χ1v) is 9.65. The van der Waals surface area contributed by atoms with Gasteiger partial charge in [0.15, 0.2) is 5.13 Å². The lowest BCUT2D eigenvalue weighted by Crippen LogP contribution is -2.13. The lowest BCUT2D eigenvalue weighted by Gasteiger charge is -2.09. The normalized spacial score (nSPS) is 11.3. The molecule has 0 spiro atoms. The molecule has 26 heavy (non-hydrogen) atoms. The molecular formula is C16H15N3O5S2. The van der Waals surface area contributed by atoms with Crippen LogP contribution in [0.25, 0.3) is 10.2 Å². The smallest absolute Gasteiger partial charge is 0.261 e. The number of methoxy groups -OCH3 is 2. The third-order valence-corrected chi connectivity index (χ3v) is 5.41. The molecular weight excluding hydrogens is 378 g/mol. The summed E-state index contributed by atoms with van der Waals surface area (Å²) in [5, 5.41) is 8.14. The van der Waals surface area contributed by atoms with E-state index in [2.05, 4.69) is 10.3 Å². The van der Waals surface area contributed by atoms with E-state index in [-0.39, 0.29) is 4.90 Å². The maximum atomic E-state index is 12.5. The van der Waals surface area contributed by atoms with E-state index in [1.165, 1.54) is 32.4 Å². The number of benzene rings is 2. The molecule has 1 amide bonds.